The predicted molar refractivity (Wildman–Crippen MR) is 71.5 cm³/mol. The third-order valence-corrected chi connectivity index (χ3v) is 4.11. The Balaban J connectivity index is 2.54. The first-order valence-electron chi connectivity index (χ1n) is 5.73. The summed E-state index contributed by atoms with van der Waals surface area (Å²) in [5, 5.41) is 0. The molecule has 0 fully saturated rings. The molecule has 0 aliphatic rings. The van der Waals surface area contributed by atoms with Crippen LogP contribution in [-0.2, 0) is 16.6 Å². The van der Waals surface area contributed by atoms with Gasteiger partial charge in [0.1, 0.15) is 0 Å². The molecule has 1 aromatic carbocycles. The highest BCUT2D eigenvalue weighted by Crippen LogP contribution is 2.18. The van der Waals surface area contributed by atoms with E-state index in [-0.39, 0.29) is 17.0 Å². The maximum Gasteiger partial charge on any atom is 0.419 e. The maximum absolute atomic E-state index is 11.9. The molecule has 0 aliphatic heterocycles. The van der Waals surface area contributed by atoms with Crippen molar-refractivity contribution in [1.82, 2.24) is 9.29 Å². The molecule has 0 unspecified atom stereocenters. The highest BCUT2D eigenvalue weighted by Gasteiger charge is 2.16. The Morgan fingerprint density at radius 3 is 2.84 bits per heavy atom. The summed E-state index contributed by atoms with van der Waals surface area (Å²) in [6.45, 7) is 5.86. The molecule has 0 bridgehead atoms. The van der Waals surface area contributed by atoms with E-state index >= 15 is 0 Å². The number of fused-ring (bicyclic) bond motifs is 1. The summed E-state index contributed by atoms with van der Waals surface area (Å²) in [5.41, 5.74) is 0.837. The standard InChI is InChI=1S/C12H14N2O4S/c1-3-7-13-19(16,17)9-5-6-10-11(8-9)18-12(15)14(10)4-2/h3,5-6,8,13H,1,4,7H2,2H3. The van der Waals surface area contributed by atoms with E-state index in [0.717, 1.165) is 0 Å². The van der Waals surface area contributed by atoms with Crippen LogP contribution < -0.4 is 10.5 Å². The van der Waals surface area contributed by atoms with Crippen LogP contribution >= 0.6 is 0 Å². The van der Waals surface area contributed by atoms with Crippen LogP contribution in [0.15, 0.2) is 45.0 Å². The van der Waals surface area contributed by atoms with Gasteiger partial charge in [0.05, 0.1) is 10.4 Å². The summed E-state index contributed by atoms with van der Waals surface area (Å²) in [6, 6.07) is 4.34. The highest BCUT2D eigenvalue weighted by molar-refractivity contribution is 7.89. The second-order valence-electron chi connectivity index (χ2n) is 3.88. The first kappa shape index (κ1) is 13.6. The lowest BCUT2D eigenvalue weighted by molar-refractivity contribution is 0.512. The lowest BCUT2D eigenvalue weighted by Gasteiger charge is -2.04. The molecule has 6 nitrogen and oxygen atoms in total. The van der Waals surface area contributed by atoms with Gasteiger partial charge in [-0.3, -0.25) is 4.57 Å². The average molecular weight is 282 g/mol. The van der Waals surface area contributed by atoms with Crippen molar-refractivity contribution in [2.45, 2.75) is 18.4 Å². The van der Waals surface area contributed by atoms with Crippen molar-refractivity contribution < 1.29 is 12.8 Å². The SMILES string of the molecule is C=CCNS(=O)(=O)c1ccc2c(c1)oc(=O)n2CC. The summed E-state index contributed by atoms with van der Waals surface area (Å²) in [6.07, 6.45) is 1.45. The molecule has 0 aliphatic carbocycles. The molecule has 1 aromatic heterocycles. The van der Waals surface area contributed by atoms with Crippen LogP contribution in [0.1, 0.15) is 6.92 Å². The van der Waals surface area contributed by atoms with Crippen LogP contribution in [-0.4, -0.2) is 19.5 Å². The van der Waals surface area contributed by atoms with Crippen LogP contribution in [0.5, 0.6) is 0 Å². The Labute approximate surface area is 110 Å². The van der Waals surface area contributed by atoms with Gasteiger partial charge in [-0.05, 0) is 19.1 Å². The van der Waals surface area contributed by atoms with Crippen LogP contribution in [0.25, 0.3) is 11.1 Å². The molecule has 0 spiro atoms. The molecular formula is C12H14N2O4S. The van der Waals surface area contributed by atoms with E-state index in [0.29, 0.717) is 12.1 Å². The average Bonchev–Trinajstić information content (AvgIpc) is 2.70. The topological polar surface area (TPSA) is 81.3 Å². The summed E-state index contributed by atoms with van der Waals surface area (Å²) >= 11 is 0. The van der Waals surface area contributed by atoms with Gasteiger partial charge >= 0.3 is 5.76 Å². The fourth-order valence-electron chi connectivity index (χ4n) is 1.77. The number of hydrogen-bond acceptors (Lipinski definition) is 4. The van der Waals surface area contributed by atoms with Gasteiger partial charge in [0, 0.05) is 19.2 Å². The highest BCUT2D eigenvalue weighted by atomic mass is 32.2. The first-order chi connectivity index (χ1) is 8.99. The third-order valence-electron chi connectivity index (χ3n) is 2.68. The van der Waals surface area contributed by atoms with E-state index < -0.39 is 15.8 Å². The Morgan fingerprint density at radius 1 is 1.47 bits per heavy atom. The molecule has 1 heterocycles. The van der Waals surface area contributed by atoms with Crippen molar-refractivity contribution in [2.24, 2.45) is 0 Å². The fraction of sp³-hybridized carbons (Fsp3) is 0.250. The predicted octanol–water partition coefficient (Wildman–Crippen LogP) is 1.08. The van der Waals surface area contributed by atoms with Gasteiger partial charge in [-0.1, -0.05) is 6.08 Å². The van der Waals surface area contributed by atoms with Gasteiger partial charge in [-0.2, -0.15) is 0 Å². The van der Waals surface area contributed by atoms with E-state index in [1.54, 1.807) is 6.07 Å². The van der Waals surface area contributed by atoms with Gasteiger partial charge in [-0.25, -0.2) is 17.9 Å². The zero-order chi connectivity index (χ0) is 14.0. The molecular weight excluding hydrogens is 268 g/mol. The Bertz CT molecular complexity index is 771. The second kappa shape index (κ2) is 5.02. The van der Waals surface area contributed by atoms with Gasteiger partial charge in [0.25, 0.3) is 0 Å². The lowest BCUT2D eigenvalue weighted by atomic mass is 10.3. The number of rotatable bonds is 5. The molecule has 102 valence electrons. The van der Waals surface area contributed by atoms with Crippen LogP contribution in [0.4, 0.5) is 0 Å². The molecule has 0 radical (unpaired) electrons. The number of nitrogens with zero attached hydrogens (tertiary/aromatic N) is 1. The number of aryl methyl sites for hydroxylation is 1. The smallest absolute Gasteiger partial charge is 0.408 e. The zero-order valence-electron chi connectivity index (χ0n) is 10.4. The molecule has 0 saturated heterocycles. The van der Waals surface area contributed by atoms with Gasteiger partial charge in [-0.15, -0.1) is 6.58 Å². The number of aromatic nitrogens is 1. The van der Waals surface area contributed by atoms with E-state index in [1.807, 2.05) is 6.92 Å². The first-order valence-corrected chi connectivity index (χ1v) is 7.22. The Morgan fingerprint density at radius 2 is 2.21 bits per heavy atom. The molecule has 0 atom stereocenters. The quantitative estimate of drug-likeness (QED) is 0.832. The van der Waals surface area contributed by atoms with Gasteiger partial charge in [0.15, 0.2) is 5.58 Å². The number of nitrogens with one attached hydrogen (secondary N) is 1. The second-order valence-corrected chi connectivity index (χ2v) is 5.65. The van der Waals surface area contributed by atoms with Crippen LogP contribution in [0.3, 0.4) is 0 Å². The van der Waals surface area contributed by atoms with Crippen molar-refractivity contribution in [1.29, 1.82) is 0 Å². The van der Waals surface area contributed by atoms with Crippen molar-refractivity contribution >= 4 is 21.1 Å². The number of sulfonamides is 1. The summed E-state index contributed by atoms with van der Waals surface area (Å²) in [5.74, 6) is -0.494. The fourth-order valence-corrected chi connectivity index (χ4v) is 2.78. The van der Waals surface area contributed by atoms with E-state index in [9.17, 15) is 13.2 Å². The molecule has 0 saturated carbocycles. The number of hydrogen-bond donors (Lipinski definition) is 1. The third kappa shape index (κ3) is 2.47. The van der Waals surface area contributed by atoms with E-state index in [1.165, 1.54) is 22.8 Å². The molecule has 2 rings (SSSR count). The van der Waals surface area contributed by atoms with Crippen LogP contribution in [0, 0.1) is 0 Å². The minimum atomic E-state index is -3.62. The maximum atomic E-state index is 11.9. The van der Waals surface area contributed by atoms with Gasteiger partial charge in [0.2, 0.25) is 10.0 Å². The monoisotopic (exact) mass is 282 g/mol. The van der Waals surface area contributed by atoms with Crippen molar-refractivity contribution in [3.63, 3.8) is 0 Å². The normalized spacial score (nSPS) is 11.8. The summed E-state index contributed by atoms with van der Waals surface area (Å²) in [4.78, 5) is 11.6. The minimum Gasteiger partial charge on any atom is -0.408 e. The molecule has 7 heteroatoms. The largest absolute Gasteiger partial charge is 0.419 e. The Kier molecular flexibility index (Phi) is 3.59. The van der Waals surface area contributed by atoms with Crippen molar-refractivity contribution in [3.8, 4) is 0 Å². The molecule has 1 N–H and O–H groups in total. The Hall–Kier alpha value is -1.86. The van der Waals surface area contributed by atoms with E-state index in [4.69, 9.17) is 4.42 Å². The molecule has 0 amide bonds. The molecule has 19 heavy (non-hydrogen) atoms. The minimum absolute atomic E-state index is 0.0545. The molecule has 2 aromatic rings. The van der Waals surface area contributed by atoms with Gasteiger partial charge < -0.3 is 4.42 Å². The zero-order valence-corrected chi connectivity index (χ0v) is 11.2. The number of oxazole rings is 1. The van der Waals surface area contributed by atoms with E-state index in [2.05, 4.69) is 11.3 Å². The number of benzene rings is 1. The van der Waals surface area contributed by atoms with Crippen molar-refractivity contribution in [2.75, 3.05) is 6.54 Å². The summed E-state index contributed by atoms with van der Waals surface area (Å²) < 4.78 is 32.6. The van der Waals surface area contributed by atoms with Crippen molar-refractivity contribution in [3.05, 3.63) is 41.4 Å². The lowest BCUT2D eigenvalue weighted by Crippen LogP contribution is -2.23. The van der Waals surface area contributed by atoms with Crippen LogP contribution in [0.2, 0.25) is 0 Å². The summed E-state index contributed by atoms with van der Waals surface area (Å²) in [7, 11) is -3.62.